The van der Waals surface area contributed by atoms with Crippen molar-refractivity contribution in [2.24, 2.45) is 5.92 Å². The van der Waals surface area contributed by atoms with Gasteiger partial charge in [0, 0.05) is 5.56 Å². The van der Waals surface area contributed by atoms with Crippen molar-refractivity contribution in [3.05, 3.63) is 29.1 Å². The molecule has 92 valence electrons. The van der Waals surface area contributed by atoms with Gasteiger partial charge in [0.2, 0.25) is 0 Å². The molecule has 0 aliphatic heterocycles. The van der Waals surface area contributed by atoms with E-state index in [0.717, 1.165) is 18.4 Å². The van der Waals surface area contributed by atoms with Crippen molar-refractivity contribution in [1.29, 1.82) is 0 Å². The maximum absolute atomic E-state index is 13.9. The van der Waals surface area contributed by atoms with Crippen LogP contribution in [0, 0.1) is 11.7 Å². The third-order valence-electron chi connectivity index (χ3n) is 4.00. The summed E-state index contributed by atoms with van der Waals surface area (Å²) in [6.07, 6.45) is 5.82. The fraction of sp³-hybridized carbons (Fsp3) is 0.600. The molecule has 0 radical (unpaired) electrons. The van der Waals surface area contributed by atoms with Gasteiger partial charge in [0.1, 0.15) is 0 Å². The molecule has 1 fully saturated rings. The molecule has 0 aromatic heterocycles. The molecule has 1 atom stereocenters. The highest BCUT2D eigenvalue weighted by molar-refractivity contribution is 5.44. The van der Waals surface area contributed by atoms with Gasteiger partial charge in [-0.2, -0.15) is 0 Å². The second kappa shape index (κ2) is 4.32. The van der Waals surface area contributed by atoms with E-state index in [9.17, 15) is 4.39 Å². The molecule has 0 spiro atoms. The minimum Gasteiger partial charge on any atom is -0.490 e. The number of fused-ring (bicyclic) bond motifs is 1. The van der Waals surface area contributed by atoms with Crippen LogP contribution in [0.3, 0.4) is 0 Å². The van der Waals surface area contributed by atoms with Crippen molar-refractivity contribution >= 4 is 0 Å². The Hall–Kier alpha value is -1.05. The monoisotopic (exact) mass is 234 g/mol. The molecule has 2 aliphatic rings. The van der Waals surface area contributed by atoms with Gasteiger partial charge in [0.05, 0.1) is 6.61 Å². The maximum Gasteiger partial charge on any atom is 0.165 e. The van der Waals surface area contributed by atoms with Crippen LogP contribution in [0.1, 0.15) is 49.7 Å². The first-order valence-corrected chi connectivity index (χ1v) is 6.70. The Balaban J connectivity index is 1.90. The van der Waals surface area contributed by atoms with Gasteiger partial charge < -0.3 is 4.74 Å². The molecule has 1 aromatic carbocycles. The minimum absolute atomic E-state index is 0.182. The zero-order valence-corrected chi connectivity index (χ0v) is 10.3. The average molecular weight is 234 g/mol. The van der Waals surface area contributed by atoms with E-state index in [-0.39, 0.29) is 5.82 Å². The highest BCUT2D eigenvalue weighted by Gasteiger charge is 2.26. The molecular formula is C15H19FO. The van der Waals surface area contributed by atoms with Crippen LogP contribution in [-0.4, -0.2) is 6.61 Å². The van der Waals surface area contributed by atoms with E-state index in [4.69, 9.17) is 4.74 Å². The molecule has 0 bridgehead atoms. The third kappa shape index (κ3) is 2.18. The lowest BCUT2D eigenvalue weighted by molar-refractivity contribution is 0.280. The standard InChI is InChI=1S/C15H19FO/c1-10-3-2-4-13-12(10)7-8-14(16)15(13)17-9-11-5-6-11/h7-8,10-11H,2-6,9H2,1H3/t10-/m0/s1. The molecule has 2 heteroatoms. The highest BCUT2D eigenvalue weighted by Crippen LogP contribution is 2.39. The van der Waals surface area contributed by atoms with Gasteiger partial charge in [-0.3, -0.25) is 0 Å². The van der Waals surface area contributed by atoms with Crippen LogP contribution in [0.2, 0.25) is 0 Å². The Morgan fingerprint density at radius 1 is 1.29 bits per heavy atom. The summed E-state index contributed by atoms with van der Waals surface area (Å²) in [7, 11) is 0. The van der Waals surface area contributed by atoms with Crippen molar-refractivity contribution in [2.75, 3.05) is 6.61 Å². The van der Waals surface area contributed by atoms with Gasteiger partial charge in [0.25, 0.3) is 0 Å². The number of ether oxygens (including phenoxy) is 1. The first kappa shape index (κ1) is 11.1. The van der Waals surface area contributed by atoms with Gasteiger partial charge in [-0.1, -0.05) is 13.0 Å². The fourth-order valence-electron chi connectivity index (χ4n) is 2.72. The Morgan fingerprint density at radius 2 is 2.12 bits per heavy atom. The lowest BCUT2D eigenvalue weighted by atomic mass is 9.83. The average Bonchev–Trinajstić information content (AvgIpc) is 3.12. The summed E-state index contributed by atoms with van der Waals surface area (Å²) in [5, 5.41) is 0. The molecule has 0 saturated heterocycles. The zero-order valence-electron chi connectivity index (χ0n) is 10.3. The smallest absolute Gasteiger partial charge is 0.165 e. The van der Waals surface area contributed by atoms with Gasteiger partial charge >= 0.3 is 0 Å². The van der Waals surface area contributed by atoms with Gasteiger partial charge in [-0.05, 0) is 55.6 Å². The van der Waals surface area contributed by atoms with E-state index in [2.05, 4.69) is 6.92 Å². The molecule has 1 nitrogen and oxygen atoms in total. The molecule has 3 rings (SSSR count). The van der Waals surface area contributed by atoms with E-state index < -0.39 is 0 Å². The van der Waals surface area contributed by atoms with Gasteiger partial charge in [-0.15, -0.1) is 0 Å². The summed E-state index contributed by atoms with van der Waals surface area (Å²) in [4.78, 5) is 0. The number of hydrogen-bond donors (Lipinski definition) is 0. The lowest BCUT2D eigenvalue weighted by Crippen LogP contribution is -2.12. The minimum atomic E-state index is -0.182. The van der Waals surface area contributed by atoms with Crippen LogP contribution in [0.25, 0.3) is 0 Å². The van der Waals surface area contributed by atoms with E-state index in [0.29, 0.717) is 24.2 Å². The van der Waals surface area contributed by atoms with Gasteiger partial charge in [-0.25, -0.2) is 4.39 Å². The lowest BCUT2D eigenvalue weighted by Gasteiger charge is -2.24. The summed E-state index contributed by atoms with van der Waals surface area (Å²) in [5.74, 6) is 1.58. The van der Waals surface area contributed by atoms with Crippen molar-refractivity contribution in [3.8, 4) is 5.75 Å². The maximum atomic E-state index is 13.9. The molecule has 0 amide bonds. The second-order valence-corrected chi connectivity index (χ2v) is 5.49. The summed E-state index contributed by atoms with van der Waals surface area (Å²) < 4.78 is 19.6. The molecular weight excluding hydrogens is 215 g/mol. The van der Waals surface area contributed by atoms with E-state index >= 15 is 0 Å². The summed E-state index contributed by atoms with van der Waals surface area (Å²) >= 11 is 0. The zero-order chi connectivity index (χ0) is 11.8. The molecule has 1 aromatic rings. The summed E-state index contributed by atoms with van der Waals surface area (Å²) in [6, 6.07) is 3.52. The first-order valence-electron chi connectivity index (χ1n) is 6.70. The normalized spacial score (nSPS) is 23.3. The number of benzene rings is 1. The summed E-state index contributed by atoms with van der Waals surface area (Å²) in [5.41, 5.74) is 2.42. The molecule has 0 N–H and O–H groups in total. The molecule has 17 heavy (non-hydrogen) atoms. The van der Waals surface area contributed by atoms with Crippen molar-refractivity contribution in [3.63, 3.8) is 0 Å². The van der Waals surface area contributed by atoms with Crippen LogP contribution in [-0.2, 0) is 6.42 Å². The van der Waals surface area contributed by atoms with Crippen LogP contribution in [0.15, 0.2) is 12.1 Å². The number of halogens is 1. The Labute approximate surface area is 102 Å². The molecule has 0 unspecified atom stereocenters. The van der Waals surface area contributed by atoms with E-state index in [1.54, 1.807) is 6.07 Å². The fourth-order valence-corrected chi connectivity index (χ4v) is 2.72. The Morgan fingerprint density at radius 3 is 2.88 bits per heavy atom. The van der Waals surface area contributed by atoms with Crippen LogP contribution >= 0.6 is 0 Å². The Bertz CT molecular complexity index is 423. The molecule has 1 saturated carbocycles. The van der Waals surface area contributed by atoms with Crippen molar-refractivity contribution in [2.45, 2.75) is 44.9 Å². The van der Waals surface area contributed by atoms with Crippen LogP contribution < -0.4 is 4.74 Å². The highest BCUT2D eigenvalue weighted by atomic mass is 19.1. The Kier molecular flexibility index (Phi) is 2.81. The first-order chi connectivity index (χ1) is 8.25. The third-order valence-corrected chi connectivity index (χ3v) is 4.00. The second-order valence-electron chi connectivity index (χ2n) is 5.49. The van der Waals surface area contributed by atoms with E-state index in [1.165, 1.54) is 24.8 Å². The topological polar surface area (TPSA) is 9.23 Å². The SMILES string of the molecule is C[C@H]1CCCc2c1ccc(F)c2OCC1CC1. The molecule has 2 aliphatic carbocycles. The number of rotatable bonds is 3. The van der Waals surface area contributed by atoms with Crippen molar-refractivity contribution < 1.29 is 9.13 Å². The number of hydrogen-bond acceptors (Lipinski definition) is 1. The largest absolute Gasteiger partial charge is 0.490 e. The quantitative estimate of drug-likeness (QED) is 0.766. The molecule has 0 heterocycles. The van der Waals surface area contributed by atoms with Gasteiger partial charge in [0.15, 0.2) is 11.6 Å². The van der Waals surface area contributed by atoms with Crippen LogP contribution in [0.5, 0.6) is 5.75 Å². The predicted molar refractivity (Wildman–Crippen MR) is 66.0 cm³/mol. The van der Waals surface area contributed by atoms with E-state index in [1.807, 2.05) is 6.07 Å². The van der Waals surface area contributed by atoms with Crippen molar-refractivity contribution in [1.82, 2.24) is 0 Å². The summed E-state index contributed by atoms with van der Waals surface area (Å²) in [6.45, 7) is 2.92. The predicted octanol–water partition coefficient (Wildman–Crippen LogP) is 4.05. The van der Waals surface area contributed by atoms with Crippen LogP contribution in [0.4, 0.5) is 4.39 Å².